The van der Waals surface area contributed by atoms with Crippen molar-refractivity contribution >= 4 is 21.4 Å². The average molecular weight is 262 g/mol. The van der Waals surface area contributed by atoms with Crippen molar-refractivity contribution in [3.63, 3.8) is 0 Å². The number of aliphatic hydroxyl groups is 1. The van der Waals surface area contributed by atoms with Crippen LogP contribution in [0.15, 0.2) is 36.7 Å². The van der Waals surface area contributed by atoms with Gasteiger partial charge in [0.05, 0.1) is 6.20 Å². The Hall–Kier alpha value is -1.72. The minimum Gasteiger partial charge on any atom is -0.383 e. The molecule has 0 spiro atoms. The number of fused-ring (bicyclic) bond motifs is 1. The molecule has 0 amide bonds. The fourth-order valence-corrected chi connectivity index (χ4v) is 2.97. The second kappa shape index (κ2) is 4.19. The fourth-order valence-electron chi connectivity index (χ4n) is 1.92. The molecule has 2 heterocycles. The molecule has 1 atom stereocenters. The summed E-state index contributed by atoms with van der Waals surface area (Å²) < 4.78 is 15.7. The fraction of sp³-hybridized carbons (Fsp3) is 0.154. The summed E-state index contributed by atoms with van der Waals surface area (Å²) in [4.78, 5) is 0.795. The Morgan fingerprint density at radius 3 is 2.94 bits per heavy atom. The molecule has 0 fully saturated rings. The quantitative estimate of drug-likeness (QED) is 0.771. The van der Waals surface area contributed by atoms with E-state index in [0.29, 0.717) is 0 Å². The van der Waals surface area contributed by atoms with E-state index in [4.69, 9.17) is 0 Å². The van der Waals surface area contributed by atoms with Crippen LogP contribution < -0.4 is 0 Å². The average Bonchev–Trinajstić information content (AvgIpc) is 2.93. The van der Waals surface area contributed by atoms with E-state index in [1.165, 1.54) is 23.5 Å². The molecule has 0 radical (unpaired) electrons. The van der Waals surface area contributed by atoms with Gasteiger partial charge in [0.2, 0.25) is 0 Å². The highest BCUT2D eigenvalue weighted by molar-refractivity contribution is 7.19. The molecule has 3 aromatic rings. The second-order valence-corrected chi connectivity index (χ2v) is 5.30. The summed E-state index contributed by atoms with van der Waals surface area (Å²) in [5.74, 6) is -0.261. The number of hydrogen-bond acceptors (Lipinski definition) is 3. The van der Waals surface area contributed by atoms with Gasteiger partial charge in [0.25, 0.3) is 0 Å². The highest BCUT2D eigenvalue weighted by Gasteiger charge is 2.15. The normalized spacial score (nSPS) is 13.1. The van der Waals surface area contributed by atoms with Crippen LogP contribution in [-0.4, -0.2) is 14.9 Å². The maximum Gasteiger partial charge on any atom is 0.123 e. The third-order valence-corrected chi connectivity index (χ3v) is 3.98. The molecule has 0 aliphatic heterocycles. The van der Waals surface area contributed by atoms with Crippen molar-refractivity contribution in [3.05, 3.63) is 52.9 Å². The number of aliphatic hydroxyl groups excluding tert-OH is 1. The van der Waals surface area contributed by atoms with E-state index in [9.17, 15) is 9.50 Å². The first-order valence-corrected chi connectivity index (χ1v) is 6.31. The van der Waals surface area contributed by atoms with Gasteiger partial charge >= 0.3 is 0 Å². The van der Waals surface area contributed by atoms with Crippen LogP contribution in [0.5, 0.6) is 0 Å². The van der Waals surface area contributed by atoms with Gasteiger partial charge in [0, 0.05) is 28.4 Å². The molecule has 0 aliphatic carbocycles. The van der Waals surface area contributed by atoms with Crippen LogP contribution in [0, 0.1) is 5.82 Å². The number of rotatable bonds is 2. The van der Waals surface area contributed by atoms with Crippen LogP contribution in [-0.2, 0) is 7.05 Å². The van der Waals surface area contributed by atoms with E-state index >= 15 is 0 Å². The lowest BCUT2D eigenvalue weighted by Crippen LogP contribution is -1.94. The molecule has 92 valence electrons. The SMILES string of the molecule is Cn1cc(C(O)c2cc3cc(F)ccc3s2)cn1. The molecule has 3 rings (SSSR count). The molecule has 1 unspecified atom stereocenters. The summed E-state index contributed by atoms with van der Waals surface area (Å²) in [5.41, 5.74) is 0.740. The predicted octanol–water partition coefficient (Wildman–Crippen LogP) is 2.86. The number of aromatic nitrogens is 2. The summed E-state index contributed by atoms with van der Waals surface area (Å²) in [6.07, 6.45) is 2.70. The molecule has 3 nitrogen and oxygen atoms in total. The van der Waals surface area contributed by atoms with Gasteiger partial charge in [-0.3, -0.25) is 4.68 Å². The third kappa shape index (κ3) is 1.91. The molecule has 1 N–H and O–H groups in total. The second-order valence-electron chi connectivity index (χ2n) is 4.18. The zero-order valence-corrected chi connectivity index (χ0v) is 10.5. The maximum atomic E-state index is 13.1. The molecule has 5 heteroatoms. The largest absolute Gasteiger partial charge is 0.383 e. The summed E-state index contributed by atoms with van der Waals surface area (Å²) in [5, 5.41) is 15.1. The minimum absolute atomic E-state index is 0.261. The smallest absolute Gasteiger partial charge is 0.123 e. The standard InChI is InChI=1S/C13H11FN2OS/c1-16-7-9(6-15-16)13(17)12-5-8-4-10(14)2-3-11(8)18-12/h2-7,13,17H,1H3. The van der Waals surface area contributed by atoms with Gasteiger partial charge in [-0.2, -0.15) is 5.10 Å². The molecular weight excluding hydrogens is 251 g/mol. The highest BCUT2D eigenvalue weighted by Crippen LogP contribution is 2.33. The number of halogens is 1. The Kier molecular flexibility index (Phi) is 2.65. The number of thiophene rings is 1. The Morgan fingerprint density at radius 2 is 2.22 bits per heavy atom. The summed E-state index contributed by atoms with van der Waals surface area (Å²) in [6.45, 7) is 0. The van der Waals surface area contributed by atoms with Crippen LogP contribution in [0.3, 0.4) is 0 Å². The van der Waals surface area contributed by atoms with E-state index in [0.717, 1.165) is 20.5 Å². The number of nitrogens with zero attached hydrogens (tertiary/aromatic N) is 2. The van der Waals surface area contributed by atoms with Crippen molar-refractivity contribution in [1.82, 2.24) is 9.78 Å². The van der Waals surface area contributed by atoms with Gasteiger partial charge in [-0.25, -0.2) is 4.39 Å². The molecule has 18 heavy (non-hydrogen) atoms. The molecule has 0 saturated carbocycles. The van der Waals surface area contributed by atoms with E-state index < -0.39 is 6.10 Å². The van der Waals surface area contributed by atoms with E-state index in [1.54, 1.807) is 30.2 Å². The van der Waals surface area contributed by atoms with Gasteiger partial charge in [0.1, 0.15) is 11.9 Å². The summed E-state index contributed by atoms with van der Waals surface area (Å²) >= 11 is 1.46. The van der Waals surface area contributed by atoms with Crippen molar-refractivity contribution < 1.29 is 9.50 Å². The van der Waals surface area contributed by atoms with E-state index in [1.807, 2.05) is 6.07 Å². The molecule has 0 aliphatic rings. The zero-order chi connectivity index (χ0) is 12.7. The van der Waals surface area contributed by atoms with E-state index in [2.05, 4.69) is 5.10 Å². The third-order valence-electron chi connectivity index (χ3n) is 2.81. The van der Waals surface area contributed by atoms with E-state index in [-0.39, 0.29) is 5.82 Å². The van der Waals surface area contributed by atoms with Crippen molar-refractivity contribution in [1.29, 1.82) is 0 Å². The number of hydrogen-bond donors (Lipinski definition) is 1. The van der Waals surface area contributed by atoms with Crippen molar-refractivity contribution in [2.24, 2.45) is 7.05 Å². The van der Waals surface area contributed by atoms with Gasteiger partial charge in [-0.1, -0.05) is 0 Å². The first kappa shape index (κ1) is 11.4. The molecule has 1 aromatic carbocycles. The highest BCUT2D eigenvalue weighted by atomic mass is 32.1. The van der Waals surface area contributed by atoms with Gasteiger partial charge in [-0.15, -0.1) is 11.3 Å². The van der Waals surface area contributed by atoms with Gasteiger partial charge in [0.15, 0.2) is 0 Å². The summed E-state index contributed by atoms with van der Waals surface area (Å²) in [6, 6.07) is 6.46. The number of benzene rings is 1. The van der Waals surface area contributed by atoms with Crippen LogP contribution in [0.4, 0.5) is 4.39 Å². The lowest BCUT2D eigenvalue weighted by Gasteiger charge is -2.03. The Balaban J connectivity index is 2.03. The molecule has 0 bridgehead atoms. The Bertz CT molecular complexity index is 704. The molecule has 0 saturated heterocycles. The minimum atomic E-state index is -0.709. The predicted molar refractivity (Wildman–Crippen MR) is 69.1 cm³/mol. The van der Waals surface area contributed by atoms with Crippen LogP contribution in [0.25, 0.3) is 10.1 Å². The first-order chi connectivity index (χ1) is 8.63. The monoisotopic (exact) mass is 262 g/mol. The summed E-state index contributed by atoms with van der Waals surface area (Å²) in [7, 11) is 1.80. The van der Waals surface area contributed by atoms with Crippen molar-refractivity contribution in [2.75, 3.05) is 0 Å². The van der Waals surface area contributed by atoms with Gasteiger partial charge in [-0.05, 0) is 29.7 Å². The van der Waals surface area contributed by atoms with Gasteiger partial charge < -0.3 is 5.11 Å². The molecular formula is C13H11FN2OS. The molecule has 2 aromatic heterocycles. The Labute approximate surface area is 107 Å². The first-order valence-electron chi connectivity index (χ1n) is 5.49. The lowest BCUT2D eigenvalue weighted by atomic mass is 10.1. The number of aryl methyl sites for hydroxylation is 1. The van der Waals surface area contributed by atoms with Crippen molar-refractivity contribution in [3.8, 4) is 0 Å². The zero-order valence-electron chi connectivity index (χ0n) is 9.67. The topological polar surface area (TPSA) is 38.0 Å². The van der Waals surface area contributed by atoms with Crippen molar-refractivity contribution in [2.45, 2.75) is 6.10 Å². The van der Waals surface area contributed by atoms with Crippen LogP contribution in [0.2, 0.25) is 0 Å². The maximum absolute atomic E-state index is 13.1. The Morgan fingerprint density at radius 1 is 1.39 bits per heavy atom. The lowest BCUT2D eigenvalue weighted by molar-refractivity contribution is 0.224. The van der Waals surface area contributed by atoms with Crippen LogP contribution in [0.1, 0.15) is 16.5 Å². The van der Waals surface area contributed by atoms with Crippen LogP contribution >= 0.6 is 11.3 Å².